The third-order valence-corrected chi connectivity index (χ3v) is 3.91. The first-order valence-corrected chi connectivity index (χ1v) is 8.03. The van der Waals surface area contributed by atoms with Crippen LogP contribution in [0.4, 0.5) is 5.69 Å². The molecular formula is C17H15ClN2O5. The van der Waals surface area contributed by atoms with Crippen LogP contribution in [0.1, 0.15) is 22.3 Å². The Morgan fingerprint density at radius 1 is 1.24 bits per heavy atom. The molecule has 1 aliphatic rings. The highest BCUT2D eigenvalue weighted by Crippen LogP contribution is 2.37. The van der Waals surface area contributed by atoms with Crippen LogP contribution in [0, 0.1) is 10.1 Å². The summed E-state index contributed by atoms with van der Waals surface area (Å²) in [5.74, 6) is 0.643. The van der Waals surface area contributed by atoms with Gasteiger partial charge in [-0.25, -0.2) is 0 Å². The highest BCUT2D eigenvalue weighted by molar-refractivity contribution is 6.32. The topological polar surface area (TPSA) is 90.7 Å². The van der Waals surface area contributed by atoms with Gasteiger partial charge < -0.3 is 14.8 Å². The number of nitrogens with zero attached hydrogens (tertiary/aromatic N) is 1. The molecule has 2 aromatic carbocycles. The zero-order valence-corrected chi connectivity index (χ0v) is 13.9. The molecule has 0 aliphatic carbocycles. The van der Waals surface area contributed by atoms with Crippen molar-refractivity contribution in [1.29, 1.82) is 0 Å². The lowest BCUT2D eigenvalue weighted by molar-refractivity contribution is -0.384. The van der Waals surface area contributed by atoms with Gasteiger partial charge in [0.15, 0.2) is 11.5 Å². The summed E-state index contributed by atoms with van der Waals surface area (Å²) >= 11 is 6.22. The number of halogens is 1. The number of carbonyl (C=O) groups is 1. The van der Waals surface area contributed by atoms with Crippen molar-refractivity contribution >= 4 is 23.2 Å². The predicted molar refractivity (Wildman–Crippen MR) is 91.3 cm³/mol. The molecule has 0 fully saturated rings. The Balaban J connectivity index is 1.72. The molecule has 25 heavy (non-hydrogen) atoms. The Morgan fingerprint density at radius 2 is 2.04 bits per heavy atom. The molecule has 8 heteroatoms. The highest BCUT2D eigenvalue weighted by Gasteiger charge is 2.16. The van der Waals surface area contributed by atoms with Crippen molar-refractivity contribution in [3.8, 4) is 11.5 Å². The highest BCUT2D eigenvalue weighted by atomic mass is 35.5. The first kappa shape index (κ1) is 17.0. The molecule has 0 saturated heterocycles. The van der Waals surface area contributed by atoms with Gasteiger partial charge >= 0.3 is 0 Å². The molecule has 1 amide bonds. The molecule has 0 bridgehead atoms. The Hall–Kier alpha value is -2.80. The lowest BCUT2D eigenvalue weighted by Gasteiger charge is -2.12. The monoisotopic (exact) mass is 362 g/mol. The van der Waals surface area contributed by atoms with Crippen LogP contribution in [0.2, 0.25) is 5.02 Å². The number of ether oxygens (including phenoxy) is 2. The minimum atomic E-state index is -0.541. The number of nitrogens with one attached hydrogen (secondary N) is 1. The van der Waals surface area contributed by atoms with Crippen LogP contribution >= 0.6 is 11.6 Å². The molecule has 1 heterocycles. The third-order valence-electron chi connectivity index (χ3n) is 3.63. The first-order chi connectivity index (χ1) is 12.0. The van der Waals surface area contributed by atoms with Crippen LogP contribution < -0.4 is 14.8 Å². The molecule has 0 atom stereocenters. The molecule has 1 aliphatic heterocycles. The third kappa shape index (κ3) is 4.00. The van der Waals surface area contributed by atoms with E-state index in [0.717, 1.165) is 12.0 Å². The van der Waals surface area contributed by atoms with Crippen molar-refractivity contribution in [2.45, 2.75) is 13.0 Å². The van der Waals surface area contributed by atoms with Gasteiger partial charge in [0.1, 0.15) is 0 Å². The van der Waals surface area contributed by atoms with Crippen molar-refractivity contribution in [3.63, 3.8) is 0 Å². The second kappa shape index (κ2) is 7.40. The minimum Gasteiger partial charge on any atom is -0.489 e. The summed E-state index contributed by atoms with van der Waals surface area (Å²) in [5, 5.41) is 13.9. The van der Waals surface area contributed by atoms with Crippen LogP contribution in [0.15, 0.2) is 36.4 Å². The molecule has 0 saturated carbocycles. The number of nitro benzene ring substituents is 1. The van der Waals surface area contributed by atoms with Gasteiger partial charge in [-0.1, -0.05) is 17.7 Å². The molecule has 0 radical (unpaired) electrons. The largest absolute Gasteiger partial charge is 0.489 e. The second-order valence-corrected chi connectivity index (χ2v) is 5.85. The van der Waals surface area contributed by atoms with E-state index in [1.54, 1.807) is 12.1 Å². The summed E-state index contributed by atoms with van der Waals surface area (Å²) in [6.07, 6.45) is 0.768. The normalized spacial score (nSPS) is 13.0. The molecule has 0 aromatic heterocycles. The number of benzene rings is 2. The van der Waals surface area contributed by atoms with E-state index >= 15 is 0 Å². The number of carbonyl (C=O) groups excluding carboxylic acids is 1. The summed E-state index contributed by atoms with van der Waals surface area (Å²) in [5.41, 5.74) is 0.828. The van der Waals surface area contributed by atoms with Crippen LogP contribution in [-0.4, -0.2) is 24.0 Å². The zero-order valence-electron chi connectivity index (χ0n) is 13.2. The van der Waals surface area contributed by atoms with Crippen LogP contribution in [0.3, 0.4) is 0 Å². The summed E-state index contributed by atoms with van der Waals surface area (Å²) in [7, 11) is 0. The Labute approximate surface area is 148 Å². The van der Waals surface area contributed by atoms with Gasteiger partial charge in [0.25, 0.3) is 11.6 Å². The smallest absolute Gasteiger partial charge is 0.270 e. The lowest BCUT2D eigenvalue weighted by Crippen LogP contribution is -2.22. The molecule has 0 spiro atoms. The van der Waals surface area contributed by atoms with Gasteiger partial charge in [-0.2, -0.15) is 0 Å². The first-order valence-electron chi connectivity index (χ1n) is 7.65. The average molecular weight is 363 g/mol. The SMILES string of the molecule is O=C(NCc1cc(Cl)c2c(c1)OCCCO2)c1cccc([N+](=O)[O-])c1. The Bertz CT molecular complexity index is 825. The minimum absolute atomic E-state index is 0.133. The number of amides is 1. The van der Waals surface area contributed by atoms with E-state index in [0.29, 0.717) is 29.7 Å². The fourth-order valence-electron chi connectivity index (χ4n) is 2.43. The fourth-order valence-corrected chi connectivity index (χ4v) is 2.72. The van der Waals surface area contributed by atoms with Crippen molar-refractivity contribution in [2.24, 2.45) is 0 Å². The summed E-state index contributed by atoms with van der Waals surface area (Å²) in [6.45, 7) is 1.28. The van der Waals surface area contributed by atoms with Crippen molar-refractivity contribution in [1.82, 2.24) is 5.32 Å². The summed E-state index contributed by atoms with van der Waals surface area (Å²) in [4.78, 5) is 22.4. The molecule has 2 aromatic rings. The van der Waals surface area contributed by atoms with Crippen molar-refractivity contribution in [3.05, 3.63) is 62.7 Å². The van der Waals surface area contributed by atoms with Crippen molar-refractivity contribution < 1.29 is 19.2 Å². The molecule has 1 N–H and O–H groups in total. The van der Waals surface area contributed by atoms with E-state index in [1.807, 2.05) is 0 Å². The van der Waals surface area contributed by atoms with Gasteiger partial charge in [-0.15, -0.1) is 0 Å². The summed E-state index contributed by atoms with van der Waals surface area (Å²) in [6, 6.07) is 9.01. The number of hydrogen-bond acceptors (Lipinski definition) is 5. The van der Waals surface area contributed by atoms with E-state index < -0.39 is 10.8 Å². The molecular weight excluding hydrogens is 348 g/mol. The van der Waals surface area contributed by atoms with Crippen LogP contribution in [0.5, 0.6) is 11.5 Å². The number of hydrogen-bond donors (Lipinski definition) is 1. The number of fused-ring (bicyclic) bond motifs is 1. The maximum absolute atomic E-state index is 12.2. The standard InChI is InChI=1S/C17H15ClN2O5/c18-14-7-11(8-15-16(14)25-6-2-5-24-15)10-19-17(21)12-3-1-4-13(9-12)20(22)23/h1,3-4,7-9H,2,5-6,10H2,(H,19,21). The van der Waals surface area contributed by atoms with Gasteiger partial charge in [0, 0.05) is 30.7 Å². The van der Waals surface area contributed by atoms with Gasteiger partial charge in [0.05, 0.1) is 23.2 Å². The van der Waals surface area contributed by atoms with E-state index in [4.69, 9.17) is 21.1 Å². The van der Waals surface area contributed by atoms with Gasteiger partial charge in [-0.05, 0) is 23.8 Å². The average Bonchev–Trinajstić information content (AvgIpc) is 2.85. The quantitative estimate of drug-likeness (QED) is 0.665. The maximum atomic E-state index is 12.2. The number of rotatable bonds is 4. The zero-order chi connectivity index (χ0) is 17.8. The number of non-ortho nitro benzene ring substituents is 1. The van der Waals surface area contributed by atoms with E-state index in [2.05, 4.69) is 5.32 Å². The Morgan fingerprint density at radius 3 is 2.84 bits per heavy atom. The van der Waals surface area contributed by atoms with Crippen molar-refractivity contribution in [2.75, 3.05) is 13.2 Å². The van der Waals surface area contributed by atoms with E-state index in [-0.39, 0.29) is 17.8 Å². The molecule has 7 nitrogen and oxygen atoms in total. The second-order valence-electron chi connectivity index (χ2n) is 5.45. The van der Waals surface area contributed by atoms with Gasteiger partial charge in [-0.3, -0.25) is 14.9 Å². The van der Waals surface area contributed by atoms with E-state index in [1.165, 1.54) is 24.3 Å². The van der Waals surface area contributed by atoms with Gasteiger partial charge in [0.2, 0.25) is 0 Å². The molecule has 0 unspecified atom stereocenters. The lowest BCUT2D eigenvalue weighted by atomic mass is 10.1. The predicted octanol–water partition coefficient (Wildman–Crippen LogP) is 3.34. The summed E-state index contributed by atoms with van der Waals surface area (Å²) < 4.78 is 11.2. The fraction of sp³-hybridized carbons (Fsp3) is 0.235. The van der Waals surface area contributed by atoms with E-state index in [9.17, 15) is 14.9 Å². The maximum Gasteiger partial charge on any atom is 0.270 e. The molecule has 130 valence electrons. The number of nitro groups is 1. The Kier molecular flexibility index (Phi) is 5.04. The van der Waals surface area contributed by atoms with Crippen LogP contribution in [-0.2, 0) is 6.54 Å². The molecule has 3 rings (SSSR count). The van der Waals surface area contributed by atoms with Crippen LogP contribution in [0.25, 0.3) is 0 Å².